The minimum Gasteiger partial charge on any atom is -0.508 e. The number of anilines is 1. The minimum absolute atomic E-state index is 0.202. The van der Waals surface area contributed by atoms with Gasteiger partial charge in [0, 0.05) is 5.56 Å². The van der Waals surface area contributed by atoms with Crippen LogP contribution in [-0.2, 0) is 0 Å². The van der Waals surface area contributed by atoms with Crippen LogP contribution in [0.5, 0.6) is 5.75 Å². The van der Waals surface area contributed by atoms with Crippen LogP contribution in [-0.4, -0.2) is 24.9 Å². The number of benzene rings is 1. The van der Waals surface area contributed by atoms with Crippen LogP contribution in [0.2, 0.25) is 0 Å². The number of fused-ring (bicyclic) bond motifs is 1. The van der Waals surface area contributed by atoms with Gasteiger partial charge in [0.1, 0.15) is 23.6 Å². The highest BCUT2D eigenvalue weighted by atomic mass is 16.3. The van der Waals surface area contributed by atoms with E-state index in [9.17, 15) is 5.11 Å². The van der Waals surface area contributed by atoms with Gasteiger partial charge in [0.15, 0.2) is 5.65 Å². The number of rotatable bonds is 3. The van der Waals surface area contributed by atoms with E-state index < -0.39 is 0 Å². The first kappa shape index (κ1) is 14.0. The van der Waals surface area contributed by atoms with E-state index in [1.54, 1.807) is 18.2 Å². The lowest BCUT2D eigenvalue weighted by Gasteiger charge is -2.31. The van der Waals surface area contributed by atoms with E-state index >= 15 is 0 Å². The minimum atomic E-state index is 0.202. The fraction of sp³-hybridized carbons (Fsp3) is 0.353. The number of aromatic nitrogens is 4. The van der Waals surface area contributed by atoms with Crippen LogP contribution in [0.25, 0.3) is 22.3 Å². The molecule has 23 heavy (non-hydrogen) atoms. The molecule has 1 aliphatic carbocycles. The lowest BCUT2D eigenvalue weighted by Crippen LogP contribution is -2.23. The molecule has 2 aromatic heterocycles. The number of hydrogen-bond acceptors (Lipinski definition) is 5. The fourth-order valence-corrected chi connectivity index (χ4v) is 3.26. The maximum Gasteiger partial charge on any atom is 0.164 e. The van der Waals surface area contributed by atoms with Crippen molar-refractivity contribution in [2.45, 2.75) is 32.2 Å². The number of nitrogens with zero attached hydrogens (tertiary/aromatic N) is 4. The second-order valence-electron chi connectivity index (χ2n) is 6.23. The Bertz CT molecular complexity index is 869. The van der Waals surface area contributed by atoms with Gasteiger partial charge in [-0.25, -0.2) is 14.6 Å². The lowest BCUT2D eigenvalue weighted by atomic mass is 9.80. The third-order valence-corrected chi connectivity index (χ3v) is 4.86. The lowest BCUT2D eigenvalue weighted by molar-refractivity contribution is 0.214. The predicted octanol–water partition coefficient (Wildman–Crippen LogP) is 3.14. The molecule has 118 valence electrons. The summed E-state index contributed by atoms with van der Waals surface area (Å²) in [6.45, 7) is 2.18. The van der Waals surface area contributed by atoms with Gasteiger partial charge in [-0.05, 0) is 37.8 Å². The summed E-state index contributed by atoms with van der Waals surface area (Å²) in [7, 11) is 0. The topological polar surface area (TPSA) is 89.8 Å². The molecular weight excluding hydrogens is 290 g/mol. The number of aromatic hydroxyl groups is 1. The van der Waals surface area contributed by atoms with Crippen molar-refractivity contribution in [3.8, 4) is 17.0 Å². The van der Waals surface area contributed by atoms with Crippen molar-refractivity contribution in [1.29, 1.82) is 0 Å². The molecule has 6 nitrogen and oxygen atoms in total. The molecule has 0 aliphatic heterocycles. The van der Waals surface area contributed by atoms with Gasteiger partial charge in [0.2, 0.25) is 0 Å². The molecule has 1 atom stereocenters. The van der Waals surface area contributed by atoms with E-state index in [4.69, 9.17) is 10.8 Å². The maximum absolute atomic E-state index is 9.77. The first-order chi connectivity index (χ1) is 11.1. The van der Waals surface area contributed by atoms with E-state index in [2.05, 4.69) is 16.9 Å². The largest absolute Gasteiger partial charge is 0.508 e. The van der Waals surface area contributed by atoms with Crippen LogP contribution in [0.3, 0.4) is 0 Å². The number of phenols is 1. The highest BCUT2D eigenvalue weighted by Gasteiger charge is 2.28. The predicted molar refractivity (Wildman–Crippen MR) is 88.9 cm³/mol. The van der Waals surface area contributed by atoms with E-state index in [-0.39, 0.29) is 11.8 Å². The summed E-state index contributed by atoms with van der Waals surface area (Å²) in [5, 5.41) is 15.3. The van der Waals surface area contributed by atoms with Crippen LogP contribution >= 0.6 is 0 Å². The molecule has 3 N–H and O–H groups in total. The quantitative estimate of drug-likeness (QED) is 0.775. The zero-order chi connectivity index (χ0) is 16.0. The van der Waals surface area contributed by atoms with E-state index in [0.29, 0.717) is 11.7 Å². The fourth-order valence-electron chi connectivity index (χ4n) is 3.26. The third kappa shape index (κ3) is 2.21. The molecule has 1 fully saturated rings. The van der Waals surface area contributed by atoms with Crippen molar-refractivity contribution in [3.63, 3.8) is 0 Å². The number of nitrogens with two attached hydrogens (primary N) is 1. The summed E-state index contributed by atoms with van der Waals surface area (Å²) in [6.07, 6.45) is 5.22. The van der Waals surface area contributed by atoms with Gasteiger partial charge in [-0.2, -0.15) is 5.10 Å². The van der Waals surface area contributed by atoms with Gasteiger partial charge >= 0.3 is 0 Å². The Morgan fingerprint density at radius 1 is 1.30 bits per heavy atom. The summed E-state index contributed by atoms with van der Waals surface area (Å²) >= 11 is 0. The molecule has 2 heterocycles. The van der Waals surface area contributed by atoms with Crippen LogP contribution in [0.15, 0.2) is 30.6 Å². The van der Waals surface area contributed by atoms with Crippen LogP contribution in [0, 0.1) is 5.92 Å². The number of phenolic OH excluding ortho intramolecular Hbond substituents is 1. The van der Waals surface area contributed by atoms with E-state index in [1.165, 1.54) is 25.6 Å². The van der Waals surface area contributed by atoms with Gasteiger partial charge in [-0.3, -0.25) is 0 Å². The van der Waals surface area contributed by atoms with Crippen molar-refractivity contribution in [2.24, 2.45) is 5.92 Å². The van der Waals surface area contributed by atoms with Crippen LogP contribution in [0.1, 0.15) is 32.2 Å². The van der Waals surface area contributed by atoms with Crippen LogP contribution < -0.4 is 5.73 Å². The Morgan fingerprint density at radius 3 is 2.83 bits per heavy atom. The SMILES string of the molecule is CC(C1CCC1)n1nc(-c2cccc(O)c2)c2c(N)ncnc21. The van der Waals surface area contributed by atoms with Gasteiger partial charge in [-0.1, -0.05) is 18.6 Å². The molecule has 6 heteroatoms. The standard InChI is InChI=1S/C17H19N5O/c1-10(11-4-2-5-11)22-17-14(16(18)19-9-20-17)15(21-22)12-6-3-7-13(23)8-12/h3,6-11,23H,2,4-5H2,1H3,(H2,18,19,20). The Labute approximate surface area is 134 Å². The van der Waals surface area contributed by atoms with Gasteiger partial charge in [0.25, 0.3) is 0 Å². The Kier molecular flexibility index (Phi) is 3.18. The third-order valence-electron chi connectivity index (χ3n) is 4.86. The van der Waals surface area contributed by atoms with E-state index in [0.717, 1.165) is 22.3 Å². The molecule has 4 rings (SSSR count). The molecule has 1 aliphatic rings. The summed E-state index contributed by atoms with van der Waals surface area (Å²) in [6, 6.07) is 7.30. The molecule has 0 saturated heterocycles. The van der Waals surface area contributed by atoms with Crippen molar-refractivity contribution in [3.05, 3.63) is 30.6 Å². The zero-order valence-corrected chi connectivity index (χ0v) is 13.0. The van der Waals surface area contributed by atoms with Gasteiger partial charge in [0.05, 0.1) is 11.4 Å². The number of nitrogen functional groups attached to an aromatic ring is 1. The Balaban J connectivity index is 1.93. The summed E-state index contributed by atoms with van der Waals surface area (Å²) in [5.41, 5.74) is 8.40. The molecule has 1 unspecified atom stereocenters. The molecule has 0 amide bonds. The molecule has 1 aromatic carbocycles. The first-order valence-electron chi connectivity index (χ1n) is 7.93. The van der Waals surface area contributed by atoms with Crippen molar-refractivity contribution in [1.82, 2.24) is 19.7 Å². The van der Waals surface area contributed by atoms with Crippen molar-refractivity contribution in [2.75, 3.05) is 5.73 Å². The first-order valence-corrected chi connectivity index (χ1v) is 7.93. The second-order valence-corrected chi connectivity index (χ2v) is 6.23. The van der Waals surface area contributed by atoms with Crippen molar-refractivity contribution >= 4 is 16.9 Å². The van der Waals surface area contributed by atoms with Crippen LogP contribution in [0.4, 0.5) is 5.82 Å². The average molecular weight is 309 g/mol. The zero-order valence-electron chi connectivity index (χ0n) is 13.0. The summed E-state index contributed by atoms with van der Waals surface area (Å²) < 4.78 is 1.97. The monoisotopic (exact) mass is 309 g/mol. The highest BCUT2D eigenvalue weighted by molar-refractivity contribution is 5.98. The molecule has 1 saturated carbocycles. The smallest absolute Gasteiger partial charge is 0.164 e. The normalized spacial score (nSPS) is 16.4. The Morgan fingerprint density at radius 2 is 2.13 bits per heavy atom. The van der Waals surface area contributed by atoms with E-state index in [1.807, 2.05) is 10.7 Å². The van der Waals surface area contributed by atoms with Gasteiger partial charge < -0.3 is 10.8 Å². The summed E-state index contributed by atoms with van der Waals surface area (Å²) in [5.74, 6) is 1.25. The average Bonchev–Trinajstić information content (AvgIpc) is 2.86. The molecule has 0 bridgehead atoms. The molecular formula is C17H19N5O. The maximum atomic E-state index is 9.77. The molecule has 0 spiro atoms. The summed E-state index contributed by atoms with van der Waals surface area (Å²) in [4.78, 5) is 8.54. The highest BCUT2D eigenvalue weighted by Crippen LogP contribution is 2.39. The van der Waals surface area contributed by atoms with Crippen molar-refractivity contribution < 1.29 is 5.11 Å². The second kappa shape index (κ2) is 5.22. The molecule has 0 radical (unpaired) electrons. The van der Waals surface area contributed by atoms with Gasteiger partial charge in [-0.15, -0.1) is 0 Å². The number of hydrogen-bond donors (Lipinski definition) is 2. The Hall–Kier alpha value is -2.63. The molecule has 3 aromatic rings.